The van der Waals surface area contributed by atoms with Gasteiger partial charge in [-0.25, -0.2) is 8.42 Å². The Morgan fingerprint density at radius 3 is 2.50 bits per heavy atom. The van der Waals surface area contributed by atoms with E-state index >= 15 is 0 Å². The SMILES string of the molecule is Cn1c(C(=O)c2ccccn2)ccc1S(=O)(=O)Cl. The van der Waals surface area contributed by atoms with Crippen LogP contribution in [-0.2, 0) is 16.1 Å². The third kappa shape index (κ3) is 2.30. The van der Waals surface area contributed by atoms with E-state index in [1.54, 1.807) is 18.2 Å². The van der Waals surface area contributed by atoms with Gasteiger partial charge in [0.05, 0.1) is 5.69 Å². The summed E-state index contributed by atoms with van der Waals surface area (Å²) < 4.78 is 23.7. The van der Waals surface area contributed by atoms with Gasteiger partial charge < -0.3 is 4.57 Å². The highest BCUT2D eigenvalue weighted by molar-refractivity contribution is 8.13. The van der Waals surface area contributed by atoms with E-state index in [1.165, 1.54) is 29.9 Å². The highest BCUT2D eigenvalue weighted by atomic mass is 35.7. The van der Waals surface area contributed by atoms with E-state index in [2.05, 4.69) is 4.98 Å². The number of halogens is 1. The van der Waals surface area contributed by atoms with Crippen molar-refractivity contribution in [3.8, 4) is 0 Å². The number of hydrogen-bond acceptors (Lipinski definition) is 4. The summed E-state index contributed by atoms with van der Waals surface area (Å²) in [5.74, 6) is -0.357. The van der Waals surface area contributed by atoms with Crippen LogP contribution in [-0.4, -0.2) is 23.8 Å². The van der Waals surface area contributed by atoms with Gasteiger partial charge in [0.2, 0.25) is 5.78 Å². The number of nitrogens with zero attached hydrogens (tertiary/aromatic N) is 2. The van der Waals surface area contributed by atoms with E-state index in [0.29, 0.717) is 0 Å². The Labute approximate surface area is 108 Å². The summed E-state index contributed by atoms with van der Waals surface area (Å²) in [4.78, 5) is 16.0. The van der Waals surface area contributed by atoms with Crippen molar-refractivity contribution in [1.82, 2.24) is 9.55 Å². The summed E-state index contributed by atoms with van der Waals surface area (Å²) in [6, 6.07) is 7.63. The lowest BCUT2D eigenvalue weighted by Crippen LogP contribution is -2.11. The molecule has 2 rings (SSSR count). The molecule has 0 amide bonds. The Kier molecular flexibility index (Phi) is 3.23. The molecule has 0 radical (unpaired) electrons. The number of aromatic nitrogens is 2. The van der Waals surface area contributed by atoms with Gasteiger partial charge in [0.25, 0.3) is 9.05 Å². The van der Waals surface area contributed by atoms with Gasteiger partial charge in [-0.1, -0.05) is 6.07 Å². The zero-order chi connectivity index (χ0) is 13.3. The molecule has 0 aliphatic heterocycles. The number of hydrogen-bond donors (Lipinski definition) is 0. The van der Waals surface area contributed by atoms with Crippen LogP contribution < -0.4 is 0 Å². The van der Waals surface area contributed by atoms with Crippen molar-refractivity contribution in [2.75, 3.05) is 0 Å². The summed E-state index contributed by atoms with van der Waals surface area (Å²) in [6.07, 6.45) is 1.50. The Hall–Kier alpha value is -1.66. The second-order valence-electron chi connectivity index (χ2n) is 3.60. The summed E-state index contributed by atoms with van der Waals surface area (Å²) >= 11 is 0. The van der Waals surface area contributed by atoms with Crippen molar-refractivity contribution in [2.24, 2.45) is 7.05 Å². The second-order valence-corrected chi connectivity index (χ2v) is 6.11. The number of carbonyl (C=O) groups is 1. The van der Waals surface area contributed by atoms with Crippen LogP contribution in [0.2, 0.25) is 0 Å². The van der Waals surface area contributed by atoms with Crippen LogP contribution in [0.25, 0.3) is 0 Å². The normalized spacial score (nSPS) is 11.4. The maximum absolute atomic E-state index is 12.1. The van der Waals surface area contributed by atoms with E-state index < -0.39 is 9.05 Å². The summed E-state index contributed by atoms with van der Waals surface area (Å²) in [6.45, 7) is 0. The first-order valence-electron chi connectivity index (χ1n) is 4.97. The molecule has 0 unspecified atom stereocenters. The zero-order valence-corrected chi connectivity index (χ0v) is 10.9. The maximum Gasteiger partial charge on any atom is 0.276 e. The fraction of sp³-hybridized carbons (Fsp3) is 0.0909. The number of pyridine rings is 1. The Balaban J connectivity index is 2.49. The van der Waals surface area contributed by atoms with Gasteiger partial charge in [-0.3, -0.25) is 9.78 Å². The molecule has 0 saturated heterocycles. The second kappa shape index (κ2) is 4.55. The predicted molar refractivity (Wildman–Crippen MR) is 66.1 cm³/mol. The molecule has 18 heavy (non-hydrogen) atoms. The van der Waals surface area contributed by atoms with E-state index in [1.807, 2.05) is 0 Å². The van der Waals surface area contributed by atoms with Gasteiger partial charge in [0.1, 0.15) is 5.69 Å². The molecular weight excluding hydrogens is 276 g/mol. The molecule has 0 aliphatic rings. The number of ketones is 1. The van der Waals surface area contributed by atoms with Crippen molar-refractivity contribution in [2.45, 2.75) is 5.03 Å². The summed E-state index contributed by atoms with van der Waals surface area (Å²) in [5, 5.41) is -0.122. The van der Waals surface area contributed by atoms with Gasteiger partial charge in [-0.05, 0) is 24.3 Å². The molecule has 0 atom stereocenters. The third-order valence-electron chi connectivity index (χ3n) is 2.46. The van der Waals surface area contributed by atoms with E-state index in [4.69, 9.17) is 10.7 Å². The lowest BCUT2D eigenvalue weighted by atomic mass is 10.2. The first-order chi connectivity index (χ1) is 8.41. The lowest BCUT2D eigenvalue weighted by molar-refractivity contribution is 0.102. The predicted octanol–water partition coefficient (Wildman–Crippen LogP) is 1.58. The van der Waals surface area contributed by atoms with E-state index in [0.717, 1.165) is 0 Å². The highest BCUT2D eigenvalue weighted by Gasteiger charge is 2.21. The minimum atomic E-state index is -3.87. The maximum atomic E-state index is 12.1. The first kappa shape index (κ1) is 12.8. The Morgan fingerprint density at radius 2 is 2.00 bits per heavy atom. The smallest absolute Gasteiger partial charge is 0.276 e. The monoisotopic (exact) mass is 284 g/mol. The van der Waals surface area contributed by atoms with Crippen LogP contribution in [0.1, 0.15) is 16.2 Å². The van der Waals surface area contributed by atoms with Gasteiger partial charge >= 0.3 is 0 Å². The topological polar surface area (TPSA) is 69.0 Å². The fourth-order valence-electron chi connectivity index (χ4n) is 1.59. The fourth-order valence-corrected chi connectivity index (χ4v) is 2.71. The molecular formula is C11H9ClN2O3S. The molecule has 0 aromatic carbocycles. The van der Waals surface area contributed by atoms with Crippen molar-refractivity contribution in [3.63, 3.8) is 0 Å². The van der Waals surface area contributed by atoms with Crippen molar-refractivity contribution in [3.05, 3.63) is 47.9 Å². The van der Waals surface area contributed by atoms with E-state index in [-0.39, 0.29) is 22.2 Å². The highest BCUT2D eigenvalue weighted by Crippen LogP contribution is 2.19. The molecule has 0 bridgehead atoms. The standard InChI is InChI=1S/C11H9ClN2O3S/c1-14-9(5-6-10(14)18(12,16)17)11(15)8-4-2-3-7-13-8/h2-7H,1H3. The molecule has 2 aromatic rings. The first-order valence-corrected chi connectivity index (χ1v) is 7.28. The molecule has 94 valence electrons. The largest absolute Gasteiger partial charge is 0.331 e. The summed E-state index contributed by atoms with van der Waals surface area (Å²) in [7, 11) is 2.85. The van der Waals surface area contributed by atoms with E-state index in [9.17, 15) is 13.2 Å². The van der Waals surface area contributed by atoms with Crippen LogP contribution in [0.4, 0.5) is 0 Å². The zero-order valence-electron chi connectivity index (χ0n) is 9.37. The number of carbonyl (C=O) groups excluding carboxylic acids is 1. The van der Waals surface area contributed by atoms with Gasteiger partial charge in [0.15, 0.2) is 5.03 Å². The van der Waals surface area contributed by atoms with Gasteiger partial charge in [0, 0.05) is 23.9 Å². The van der Waals surface area contributed by atoms with Crippen LogP contribution >= 0.6 is 10.7 Å². The van der Waals surface area contributed by atoms with Gasteiger partial charge in [-0.2, -0.15) is 0 Å². The molecule has 0 saturated carbocycles. The molecule has 0 N–H and O–H groups in total. The molecule has 2 aromatic heterocycles. The van der Waals surface area contributed by atoms with Crippen molar-refractivity contribution >= 4 is 25.5 Å². The minimum absolute atomic E-state index is 0.122. The van der Waals surface area contributed by atoms with Crippen molar-refractivity contribution in [1.29, 1.82) is 0 Å². The third-order valence-corrected chi connectivity index (χ3v) is 3.84. The molecule has 0 fully saturated rings. The summed E-state index contributed by atoms with van der Waals surface area (Å²) in [5.41, 5.74) is 0.463. The number of rotatable bonds is 3. The average Bonchev–Trinajstić information content (AvgIpc) is 2.71. The minimum Gasteiger partial charge on any atom is -0.331 e. The average molecular weight is 285 g/mol. The van der Waals surface area contributed by atoms with Crippen LogP contribution in [0.5, 0.6) is 0 Å². The Morgan fingerprint density at radius 1 is 1.28 bits per heavy atom. The van der Waals surface area contributed by atoms with Crippen molar-refractivity contribution < 1.29 is 13.2 Å². The molecule has 0 aliphatic carbocycles. The molecule has 2 heterocycles. The molecule has 7 heteroatoms. The quantitative estimate of drug-likeness (QED) is 0.634. The van der Waals surface area contributed by atoms with Gasteiger partial charge in [-0.15, -0.1) is 0 Å². The van der Waals surface area contributed by atoms with Crippen LogP contribution in [0.15, 0.2) is 41.6 Å². The van der Waals surface area contributed by atoms with Crippen LogP contribution in [0.3, 0.4) is 0 Å². The van der Waals surface area contributed by atoms with Crippen LogP contribution in [0, 0.1) is 0 Å². The Bertz CT molecular complexity index is 692. The molecule has 5 nitrogen and oxygen atoms in total. The lowest BCUT2D eigenvalue weighted by Gasteiger charge is -2.04. The molecule has 0 spiro atoms.